The van der Waals surface area contributed by atoms with Gasteiger partial charge in [-0.3, -0.25) is 14.9 Å². The summed E-state index contributed by atoms with van der Waals surface area (Å²) < 4.78 is 6.17. The number of hydrogen-bond donors (Lipinski definition) is 4. The van der Waals surface area contributed by atoms with Gasteiger partial charge in [0.05, 0.1) is 30.2 Å². The molecule has 2 bridgehead atoms. The van der Waals surface area contributed by atoms with Crippen molar-refractivity contribution in [2.24, 2.45) is 5.92 Å². The minimum atomic E-state index is -0.624. The number of methoxy groups -OCH3 is 1. The topological polar surface area (TPSA) is 169 Å². The minimum absolute atomic E-state index is 0.143. The second kappa shape index (κ2) is 13.3. The first-order valence-electron chi connectivity index (χ1n) is 13.6. The van der Waals surface area contributed by atoms with Gasteiger partial charge in [0.25, 0.3) is 0 Å². The van der Waals surface area contributed by atoms with Gasteiger partial charge in [-0.1, -0.05) is 18.5 Å². The number of carbonyl (C=O) groups excluding carboxylic acids is 3. The van der Waals surface area contributed by atoms with E-state index in [1.807, 2.05) is 0 Å². The Kier molecular flexibility index (Phi) is 9.11. The average Bonchev–Trinajstić information content (AvgIpc) is 3.70. The minimum Gasteiger partial charge on any atom is -0.453 e. The zero-order valence-corrected chi connectivity index (χ0v) is 24.3. The smallest absolute Gasteiger partial charge is 0.411 e. The number of tetrazole rings is 1. The first kappa shape index (κ1) is 29.5. The van der Waals surface area contributed by atoms with E-state index in [1.165, 1.54) is 24.2 Å². The number of fused-ring (bicyclic) bond motifs is 4. The van der Waals surface area contributed by atoms with Crippen LogP contribution in [0.3, 0.4) is 0 Å². The van der Waals surface area contributed by atoms with Crippen LogP contribution < -0.4 is 16.0 Å². The second-order valence-corrected chi connectivity index (χ2v) is 10.6. The molecule has 5 rings (SSSR count). The molecular formula is C29H30ClN9O4. The highest BCUT2D eigenvalue weighted by Gasteiger charge is 2.22. The first-order chi connectivity index (χ1) is 20.8. The van der Waals surface area contributed by atoms with Crippen molar-refractivity contribution in [3.05, 3.63) is 71.4 Å². The molecule has 3 amide bonds. The van der Waals surface area contributed by atoms with E-state index >= 15 is 0 Å². The first-order valence-corrected chi connectivity index (χ1v) is 14.0. The lowest BCUT2D eigenvalue weighted by Crippen LogP contribution is -2.28. The van der Waals surface area contributed by atoms with Gasteiger partial charge in [0.2, 0.25) is 11.8 Å². The van der Waals surface area contributed by atoms with Crippen LogP contribution in [0.5, 0.6) is 0 Å². The van der Waals surface area contributed by atoms with Crippen molar-refractivity contribution in [2.45, 2.75) is 38.6 Å². The van der Waals surface area contributed by atoms with Gasteiger partial charge in [0.15, 0.2) is 0 Å². The quantitative estimate of drug-likeness (QED) is 0.233. The molecule has 1 unspecified atom stereocenters. The van der Waals surface area contributed by atoms with Crippen LogP contribution in [0.4, 0.5) is 16.2 Å². The number of aromatic nitrogens is 6. The maximum absolute atomic E-state index is 13.2. The SMILES string of the molecule is COC(=O)Nc1ccc2c(c1)NC(=O)CCC(C)CC[C@H](NC(=O)/C=C/c1cc(Cl)ccc1-n1cnnn1)c1nc-2c[nH]1. The molecule has 2 aromatic carbocycles. The maximum atomic E-state index is 13.2. The molecule has 2 aromatic heterocycles. The highest BCUT2D eigenvalue weighted by Crippen LogP contribution is 2.32. The number of carbonyl (C=O) groups is 3. The van der Waals surface area contributed by atoms with Crippen molar-refractivity contribution in [1.82, 2.24) is 35.5 Å². The van der Waals surface area contributed by atoms with Crippen LogP contribution in [0, 0.1) is 5.92 Å². The Morgan fingerprint density at radius 1 is 1.16 bits per heavy atom. The molecule has 0 saturated carbocycles. The molecule has 0 saturated heterocycles. The Morgan fingerprint density at radius 3 is 2.81 bits per heavy atom. The summed E-state index contributed by atoms with van der Waals surface area (Å²) in [6.07, 6.45) is 8.00. The third kappa shape index (κ3) is 7.43. The summed E-state index contributed by atoms with van der Waals surface area (Å²) in [7, 11) is 1.27. The fraction of sp³-hybridized carbons (Fsp3) is 0.276. The van der Waals surface area contributed by atoms with E-state index in [4.69, 9.17) is 16.6 Å². The molecule has 222 valence electrons. The lowest BCUT2D eigenvalue weighted by atomic mass is 9.96. The van der Waals surface area contributed by atoms with E-state index in [0.717, 1.165) is 6.42 Å². The Labute approximate surface area is 252 Å². The third-order valence-corrected chi connectivity index (χ3v) is 7.29. The van der Waals surface area contributed by atoms with Gasteiger partial charge in [0.1, 0.15) is 12.2 Å². The summed E-state index contributed by atoms with van der Waals surface area (Å²) in [4.78, 5) is 45.7. The molecule has 1 aliphatic rings. The number of anilines is 2. The number of aromatic amines is 1. The Bertz CT molecular complexity index is 1650. The van der Waals surface area contributed by atoms with Gasteiger partial charge in [0, 0.05) is 40.5 Å². The summed E-state index contributed by atoms with van der Waals surface area (Å²) >= 11 is 6.21. The fourth-order valence-corrected chi connectivity index (χ4v) is 4.94. The molecule has 3 heterocycles. The molecule has 13 nitrogen and oxygen atoms in total. The van der Waals surface area contributed by atoms with Gasteiger partial charge >= 0.3 is 6.09 Å². The highest BCUT2D eigenvalue weighted by molar-refractivity contribution is 6.30. The molecule has 2 atom stereocenters. The monoisotopic (exact) mass is 603 g/mol. The number of nitrogens with one attached hydrogen (secondary N) is 4. The number of ether oxygens (including phenoxy) is 1. The fourth-order valence-electron chi connectivity index (χ4n) is 4.76. The molecule has 43 heavy (non-hydrogen) atoms. The standard InChI is InChI=1S/C29H30ClN9O4/c1-17-3-9-22(34-27(41)12-5-18-13-19(30)6-10-25(18)39-16-32-37-38-39)28-31-15-24(36-28)21-8-7-20(33-29(42)43-2)14-23(21)35-26(40)11-4-17/h5-8,10,12-17,22H,3-4,9,11H2,1-2H3,(H,31,36)(H,33,42)(H,34,41)(H,35,40)/b12-5+/t17?,22-/m0/s1. The second-order valence-electron chi connectivity index (χ2n) is 10.2. The Morgan fingerprint density at radius 2 is 2.02 bits per heavy atom. The van der Waals surface area contributed by atoms with Gasteiger partial charge in [-0.2, -0.15) is 4.68 Å². The molecule has 1 aliphatic heterocycles. The van der Waals surface area contributed by atoms with E-state index in [1.54, 1.807) is 48.7 Å². The number of rotatable bonds is 5. The lowest BCUT2D eigenvalue weighted by molar-refractivity contribution is -0.117. The number of amides is 3. The molecular weight excluding hydrogens is 574 g/mol. The summed E-state index contributed by atoms with van der Waals surface area (Å²) in [6.45, 7) is 2.07. The Hall–Kier alpha value is -5.04. The van der Waals surface area contributed by atoms with E-state index < -0.39 is 12.1 Å². The van der Waals surface area contributed by atoms with E-state index in [2.05, 4.69) is 48.1 Å². The zero-order chi connectivity index (χ0) is 30.3. The number of H-pyrrole nitrogens is 1. The van der Waals surface area contributed by atoms with E-state index in [0.29, 0.717) is 64.0 Å². The average molecular weight is 604 g/mol. The van der Waals surface area contributed by atoms with Crippen molar-refractivity contribution < 1.29 is 19.1 Å². The number of imidazole rings is 1. The van der Waals surface area contributed by atoms with Gasteiger partial charge in [-0.25, -0.2) is 9.78 Å². The lowest BCUT2D eigenvalue weighted by Gasteiger charge is -2.18. The largest absolute Gasteiger partial charge is 0.453 e. The summed E-state index contributed by atoms with van der Waals surface area (Å²) in [5, 5.41) is 20.4. The van der Waals surface area contributed by atoms with Crippen molar-refractivity contribution in [3.8, 4) is 16.9 Å². The molecule has 14 heteroatoms. The highest BCUT2D eigenvalue weighted by atomic mass is 35.5. The molecule has 0 aliphatic carbocycles. The maximum Gasteiger partial charge on any atom is 0.411 e. The zero-order valence-electron chi connectivity index (χ0n) is 23.5. The normalized spacial score (nSPS) is 17.1. The molecule has 4 N–H and O–H groups in total. The van der Waals surface area contributed by atoms with E-state index in [-0.39, 0.29) is 17.7 Å². The third-order valence-electron chi connectivity index (χ3n) is 7.06. The predicted molar refractivity (Wildman–Crippen MR) is 160 cm³/mol. The molecule has 0 fully saturated rings. The van der Waals surface area contributed by atoms with Crippen LogP contribution in [0.25, 0.3) is 23.0 Å². The van der Waals surface area contributed by atoms with Gasteiger partial charge < -0.3 is 20.4 Å². The number of hydrogen-bond acceptors (Lipinski definition) is 8. The Balaban J connectivity index is 1.41. The summed E-state index contributed by atoms with van der Waals surface area (Å²) in [5.41, 5.74) is 3.50. The molecule has 4 aromatic rings. The summed E-state index contributed by atoms with van der Waals surface area (Å²) in [6, 6.07) is 9.90. The van der Waals surface area contributed by atoms with E-state index in [9.17, 15) is 14.4 Å². The molecule has 0 radical (unpaired) electrons. The predicted octanol–water partition coefficient (Wildman–Crippen LogP) is 4.90. The van der Waals surface area contributed by atoms with Gasteiger partial charge in [-0.05, 0) is 78.1 Å². The van der Waals surface area contributed by atoms with Crippen LogP contribution in [-0.2, 0) is 14.3 Å². The van der Waals surface area contributed by atoms with Crippen LogP contribution in [-0.4, -0.2) is 55.2 Å². The number of benzene rings is 2. The van der Waals surface area contributed by atoms with Crippen molar-refractivity contribution in [2.75, 3.05) is 17.7 Å². The van der Waals surface area contributed by atoms with Crippen LogP contribution >= 0.6 is 11.6 Å². The number of halogens is 1. The van der Waals surface area contributed by atoms with Crippen LogP contribution in [0.1, 0.15) is 50.0 Å². The van der Waals surface area contributed by atoms with Crippen LogP contribution in [0.2, 0.25) is 5.02 Å². The van der Waals surface area contributed by atoms with Crippen LogP contribution in [0.15, 0.2) is 55.0 Å². The number of nitrogens with zero attached hydrogens (tertiary/aromatic N) is 5. The van der Waals surface area contributed by atoms with Gasteiger partial charge in [-0.15, -0.1) is 5.10 Å². The van der Waals surface area contributed by atoms with Crippen molar-refractivity contribution in [3.63, 3.8) is 0 Å². The van der Waals surface area contributed by atoms with Crippen molar-refractivity contribution in [1.29, 1.82) is 0 Å². The molecule has 0 spiro atoms. The van der Waals surface area contributed by atoms with Crippen molar-refractivity contribution >= 4 is 47.0 Å². The summed E-state index contributed by atoms with van der Waals surface area (Å²) in [5.74, 6) is 0.330.